The lowest BCUT2D eigenvalue weighted by Gasteiger charge is -2.21. The Morgan fingerprint density at radius 1 is 0.796 bits per heavy atom. The number of halogens is 2. The fraction of sp³-hybridized carbons (Fsp3) is 0.483. The zero-order valence-electron chi connectivity index (χ0n) is 26.5. The molecule has 20 heteroatoms. The van der Waals surface area contributed by atoms with Crippen LogP contribution >= 0.6 is 0 Å². The van der Waals surface area contributed by atoms with Gasteiger partial charge in [-0.25, -0.2) is 8.78 Å². The molecule has 1 heterocycles. The maximum Gasteiger partial charge on any atom is 0.243 e. The van der Waals surface area contributed by atoms with Crippen molar-refractivity contribution in [3.63, 3.8) is 0 Å². The summed E-state index contributed by atoms with van der Waals surface area (Å²) in [5.41, 5.74) is 5.31. The van der Waals surface area contributed by atoms with Crippen LogP contribution in [-0.4, -0.2) is 104 Å². The molecule has 49 heavy (non-hydrogen) atoms. The van der Waals surface area contributed by atoms with Gasteiger partial charge in [-0.3, -0.25) is 43.2 Å². The molecule has 18 nitrogen and oxygen atoms in total. The Kier molecular flexibility index (Phi) is 16.0. The first kappa shape index (κ1) is 39.5. The third-order valence-electron chi connectivity index (χ3n) is 6.79. The van der Waals surface area contributed by atoms with Crippen molar-refractivity contribution >= 4 is 53.2 Å². The van der Waals surface area contributed by atoms with Crippen LogP contribution in [-0.2, 0) is 49.6 Å². The summed E-state index contributed by atoms with van der Waals surface area (Å²) < 4.78 is 27.7. The van der Waals surface area contributed by atoms with Gasteiger partial charge in [-0.05, 0) is 37.0 Å². The molecule has 0 radical (unpaired) electrons. The molecule has 1 aromatic carbocycles. The summed E-state index contributed by atoms with van der Waals surface area (Å²) in [5, 5.41) is 18.6. The van der Waals surface area contributed by atoms with E-state index in [4.69, 9.17) is 5.73 Å². The van der Waals surface area contributed by atoms with Crippen molar-refractivity contribution in [1.82, 2.24) is 42.5 Å². The van der Waals surface area contributed by atoms with E-state index in [1.807, 2.05) is 0 Å². The fourth-order valence-electron chi connectivity index (χ4n) is 4.39. The Labute approximate surface area is 278 Å². The molecule has 0 aromatic heterocycles. The second-order valence-electron chi connectivity index (χ2n) is 10.9. The predicted octanol–water partition coefficient (Wildman–Crippen LogP) is -4.38. The van der Waals surface area contributed by atoms with Crippen molar-refractivity contribution in [2.75, 3.05) is 32.7 Å². The summed E-state index contributed by atoms with van der Waals surface area (Å²) >= 11 is 0. The summed E-state index contributed by atoms with van der Waals surface area (Å²) in [6, 6.07) is -1.59. The van der Waals surface area contributed by atoms with Gasteiger partial charge in [0.1, 0.15) is 29.8 Å². The van der Waals surface area contributed by atoms with Gasteiger partial charge in [-0.15, -0.1) is 0 Å². The van der Waals surface area contributed by atoms with Crippen LogP contribution in [0.1, 0.15) is 38.2 Å². The molecule has 1 fully saturated rings. The molecule has 2 rings (SSSR count). The smallest absolute Gasteiger partial charge is 0.243 e. The van der Waals surface area contributed by atoms with Crippen LogP contribution in [0, 0.1) is 11.6 Å². The average Bonchev–Trinajstić information content (AvgIpc) is 3.02. The maximum absolute atomic E-state index is 13.8. The van der Waals surface area contributed by atoms with Crippen molar-refractivity contribution in [3.8, 4) is 0 Å². The monoisotopic (exact) mass is 695 g/mol. The van der Waals surface area contributed by atoms with Crippen LogP contribution in [0.4, 0.5) is 8.78 Å². The second kappa shape index (κ2) is 19.9. The molecular weight excluding hydrogens is 656 g/mol. The van der Waals surface area contributed by atoms with Crippen LogP contribution in [0.5, 0.6) is 0 Å². The molecule has 1 aromatic rings. The second-order valence-corrected chi connectivity index (χ2v) is 10.9. The van der Waals surface area contributed by atoms with E-state index < -0.39 is 116 Å². The fourth-order valence-corrected chi connectivity index (χ4v) is 4.39. The molecule has 10 N–H and O–H groups in total. The van der Waals surface area contributed by atoms with Gasteiger partial charge in [-0.1, -0.05) is 0 Å². The molecule has 3 unspecified atom stereocenters. The lowest BCUT2D eigenvalue weighted by molar-refractivity contribution is -0.132. The summed E-state index contributed by atoms with van der Waals surface area (Å²) in [7, 11) is 0. The van der Waals surface area contributed by atoms with Crippen molar-refractivity contribution in [2.45, 2.75) is 57.2 Å². The van der Waals surface area contributed by atoms with Gasteiger partial charge < -0.3 is 48.3 Å². The van der Waals surface area contributed by atoms with E-state index in [-0.39, 0.29) is 37.8 Å². The summed E-state index contributed by atoms with van der Waals surface area (Å²) in [4.78, 5) is 111. The largest absolute Gasteiger partial charge is 0.368 e. The van der Waals surface area contributed by atoms with Crippen molar-refractivity contribution < 1.29 is 51.9 Å². The third-order valence-corrected chi connectivity index (χ3v) is 6.79. The topological polar surface area (TPSA) is 276 Å². The normalized spacial score (nSPS) is 21.0. The number of carbonyl (C=O) groups is 9. The van der Waals surface area contributed by atoms with Gasteiger partial charge in [-0.2, -0.15) is 0 Å². The minimum absolute atomic E-state index is 0.0211. The zero-order chi connectivity index (χ0) is 36.5. The Balaban J connectivity index is 2.27. The lowest BCUT2D eigenvalue weighted by Crippen LogP contribution is -2.54. The van der Waals surface area contributed by atoms with Crippen molar-refractivity contribution in [3.05, 3.63) is 35.4 Å². The van der Waals surface area contributed by atoms with E-state index >= 15 is 0 Å². The number of primary amides is 1. The van der Waals surface area contributed by atoms with E-state index in [0.29, 0.717) is 6.07 Å². The molecule has 9 amide bonds. The van der Waals surface area contributed by atoms with E-state index in [2.05, 4.69) is 42.5 Å². The third kappa shape index (κ3) is 15.6. The number of nitrogens with one attached hydrogen (secondary N) is 8. The zero-order valence-corrected chi connectivity index (χ0v) is 26.5. The molecule has 0 saturated carbocycles. The highest BCUT2D eigenvalue weighted by atomic mass is 19.1. The van der Waals surface area contributed by atoms with Gasteiger partial charge in [0.2, 0.25) is 53.2 Å². The van der Waals surface area contributed by atoms with E-state index in [0.717, 1.165) is 12.1 Å². The Hall–Kier alpha value is -5.69. The van der Waals surface area contributed by atoms with Crippen LogP contribution in [0.3, 0.4) is 0 Å². The average molecular weight is 696 g/mol. The minimum atomic E-state index is -1.52. The minimum Gasteiger partial charge on any atom is -0.368 e. The number of rotatable bonds is 6. The molecule has 3 atom stereocenters. The van der Waals surface area contributed by atoms with E-state index in [9.17, 15) is 51.9 Å². The van der Waals surface area contributed by atoms with Gasteiger partial charge in [0.15, 0.2) is 0 Å². The molecule has 1 saturated heterocycles. The van der Waals surface area contributed by atoms with Crippen molar-refractivity contribution in [1.29, 1.82) is 0 Å². The first-order valence-corrected chi connectivity index (χ1v) is 15.1. The highest BCUT2D eigenvalue weighted by Crippen LogP contribution is 2.11. The molecule has 268 valence electrons. The number of hydrogen-bond acceptors (Lipinski definition) is 9. The maximum atomic E-state index is 13.8. The Bertz CT molecular complexity index is 1420. The van der Waals surface area contributed by atoms with Gasteiger partial charge >= 0.3 is 0 Å². The van der Waals surface area contributed by atoms with E-state index in [1.165, 1.54) is 6.92 Å². The molecule has 0 spiro atoms. The van der Waals surface area contributed by atoms with Gasteiger partial charge in [0.05, 0.1) is 26.2 Å². The van der Waals surface area contributed by atoms with Crippen molar-refractivity contribution in [2.24, 2.45) is 5.73 Å². The standard InChI is InChI=1S/C29H39F2N9O9/c1-15(41)34-12-24(44)39-20-4-5-22(42)33-6-2-3-19(27(32)47)38-25(45)13-35-23(43)11-36-29(49)21(40-26(46)14-37-28(20)48)9-16-7-17(30)10-18(31)8-16/h7-8,10,19-21H,2-6,9,11-14H2,1H3,(H2,32,47)(H,33,42)(H,34,41)(H,35,43)(H,36,49)(H,37,48)(H,38,45)(H,39,44)(H,40,46). The lowest BCUT2D eigenvalue weighted by atomic mass is 10.0. The summed E-state index contributed by atoms with van der Waals surface area (Å²) in [6.07, 6.45) is -0.772. The van der Waals surface area contributed by atoms with Crippen LogP contribution in [0.15, 0.2) is 18.2 Å². The summed E-state index contributed by atoms with van der Waals surface area (Å²) in [5.74, 6) is -9.09. The molecule has 1 aliphatic heterocycles. The molecule has 0 bridgehead atoms. The predicted molar refractivity (Wildman–Crippen MR) is 164 cm³/mol. The number of nitrogens with two attached hydrogens (primary N) is 1. The first-order valence-electron chi connectivity index (χ1n) is 15.1. The molecular formula is C29H39F2N9O9. The summed E-state index contributed by atoms with van der Waals surface area (Å²) in [6.45, 7) is -1.31. The SMILES string of the molecule is CC(=O)NCC(=O)NC1CCC(=O)NCCCC(C(N)=O)NC(=O)CNC(=O)CNC(=O)C(Cc2cc(F)cc(F)c2)NC(=O)CNC1=O. The number of carbonyl (C=O) groups excluding carboxylic acids is 9. The van der Waals surface area contributed by atoms with Crippen LogP contribution in [0.25, 0.3) is 0 Å². The van der Waals surface area contributed by atoms with Crippen LogP contribution in [0.2, 0.25) is 0 Å². The highest BCUT2D eigenvalue weighted by molar-refractivity contribution is 5.95. The number of hydrogen-bond donors (Lipinski definition) is 9. The van der Waals surface area contributed by atoms with Crippen LogP contribution < -0.4 is 48.3 Å². The molecule has 0 aliphatic carbocycles. The number of amides is 9. The van der Waals surface area contributed by atoms with Gasteiger partial charge in [0, 0.05) is 32.4 Å². The van der Waals surface area contributed by atoms with Gasteiger partial charge in [0.25, 0.3) is 0 Å². The Morgan fingerprint density at radius 2 is 1.41 bits per heavy atom. The Morgan fingerprint density at radius 3 is 2.06 bits per heavy atom. The number of benzene rings is 1. The molecule has 1 aliphatic rings. The first-order chi connectivity index (χ1) is 23.1. The van der Waals surface area contributed by atoms with E-state index in [1.54, 1.807) is 0 Å². The quantitative estimate of drug-likeness (QED) is 0.139. The highest BCUT2D eigenvalue weighted by Gasteiger charge is 2.26.